The first-order valence-corrected chi connectivity index (χ1v) is 7.65. The van der Waals surface area contributed by atoms with Crippen LogP contribution in [0, 0.1) is 17.0 Å². The summed E-state index contributed by atoms with van der Waals surface area (Å²) in [6.07, 6.45) is 0.911. The van der Waals surface area contributed by atoms with Crippen molar-refractivity contribution in [1.29, 1.82) is 0 Å². The standard InChI is InChI=1S/C18H18N2O3/c1-12-9-10-19(17-6-4-3-5-15(12)17)18(21)16-8-7-14(20(22)23)11-13(16)2/h3-8,11-12H,9-10H2,1-2H3. The third kappa shape index (κ3) is 2.70. The molecule has 23 heavy (non-hydrogen) atoms. The average molecular weight is 310 g/mol. The lowest BCUT2D eigenvalue weighted by Gasteiger charge is -2.33. The Hall–Kier alpha value is -2.69. The van der Waals surface area contributed by atoms with Gasteiger partial charge in [-0.15, -0.1) is 0 Å². The van der Waals surface area contributed by atoms with Crippen molar-refractivity contribution in [3.05, 3.63) is 69.3 Å². The van der Waals surface area contributed by atoms with E-state index in [1.165, 1.54) is 17.7 Å². The van der Waals surface area contributed by atoms with E-state index < -0.39 is 4.92 Å². The van der Waals surface area contributed by atoms with Crippen LogP contribution in [0.15, 0.2) is 42.5 Å². The van der Waals surface area contributed by atoms with Crippen molar-refractivity contribution in [2.45, 2.75) is 26.2 Å². The zero-order valence-electron chi connectivity index (χ0n) is 13.2. The highest BCUT2D eigenvalue weighted by atomic mass is 16.6. The van der Waals surface area contributed by atoms with Crippen molar-refractivity contribution in [1.82, 2.24) is 0 Å². The molecular weight excluding hydrogens is 292 g/mol. The van der Waals surface area contributed by atoms with Crippen LogP contribution in [0.1, 0.15) is 40.7 Å². The second-order valence-corrected chi connectivity index (χ2v) is 5.96. The van der Waals surface area contributed by atoms with Gasteiger partial charge in [0.2, 0.25) is 0 Å². The van der Waals surface area contributed by atoms with Crippen molar-refractivity contribution < 1.29 is 9.72 Å². The first kappa shape index (κ1) is 15.2. The van der Waals surface area contributed by atoms with Crippen LogP contribution in [0.25, 0.3) is 0 Å². The van der Waals surface area contributed by atoms with Crippen molar-refractivity contribution in [3.8, 4) is 0 Å². The number of para-hydroxylation sites is 1. The number of hydrogen-bond donors (Lipinski definition) is 0. The number of fused-ring (bicyclic) bond motifs is 1. The van der Waals surface area contributed by atoms with Gasteiger partial charge in [-0.3, -0.25) is 14.9 Å². The average Bonchev–Trinajstić information content (AvgIpc) is 2.54. The number of carbonyl (C=O) groups is 1. The Labute approximate surface area is 134 Å². The van der Waals surface area contributed by atoms with Crippen molar-refractivity contribution in [3.63, 3.8) is 0 Å². The molecule has 1 aliphatic rings. The highest BCUT2D eigenvalue weighted by Crippen LogP contribution is 2.35. The molecule has 0 saturated heterocycles. The Bertz CT molecular complexity index is 786. The van der Waals surface area contributed by atoms with Crippen LogP contribution in [-0.4, -0.2) is 17.4 Å². The number of non-ortho nitro benzene ring substituents is 1. The molecule has 5 nitrogen and oxygen atoms in total. The van der Waals surface area contributed by atoms with E-state index in [9.17, 15) is 14.9 Å². The highest BCUT2D eigenvalue weighted by molar-refractivity contribution is 6.07. The molecule has 0 spiro atoms. The molecule has 0 saturated carbocycles. The molecular formula is C18H18N2O3. The summed E-state index contributed by atoms with van der Waals surface area (Å²) in [7, 11) is 0. The Kier molecular flexibility index (Phi) is 3.86. The first-order chi connectivity index (χ1) is 11.0. The maximum Gasteiger partial charge on any atom is 0.269 e. The lowest BCUT2D eigenvalue weighted by Crippen LogP contribution is -2.36. The molecule has 118 valence electrons. The molecule has 5 heteroatoms. The zero-order valence-corrected chi connectivity index (χ0v) is 13.2. The third-order valence-electron chi connectivity index (χ3n) is 4.44. The van der Waals surface area contributed by atoms with Gasteiger partial charge in [0.15, 0.2) is 0 Å². The predicted octanol–water partition coefficient (Wildman–Crippen LogP) is 4.06. The van der Waals surface area contributed by atoms with Gasteiger partial charge in [-0.2, -0.15) is 0 Å². The fourth-order valence-corrected chi connectivity index (χ4v) is 3.11. The van der Waals surface area contributed by atoms with Crippen LogP contribution in [-0.2, 0) is 0 Å². The minimum Gasteiger partial charge on any atom is -0.308 e. The molecule has 0 N–H and O–H groups in total. The number of anilines is 1. The predicted molar refractivity (Wildman–Crippen MR) is 89.0 cm³/mol. The van der Waals surface area contributed by atoms with Gasteiger partial charge >= 0.3 is 0 Å². The van der Waals surface area contributed by atoms with Crippen molar-refractivity contribution in [2.75, 3.05) is 11.4 Å². The van der Waals surface area contributed by atoms with E-state index in [0.29, 0.717) is 23.6 Å². The summed E-state index contributed by atoms with van der Waals surface area (Å²) in [5, 5.41) is 10.8. The summed E-state index contributed by atoms with van der Waals surface area (Å²) in [6.45, 7) is 4.56. The maximum atomic E-state index is 12.9. The molecule has 3 rings (SSSR count). The number of aryl methyl sites for hydroxylation is 1. The number of hydrogen-bond acceptors (Lipinski definition) is 3. The van der Waals surface area contributed by atoms with Gasteiger partial charge in [0.05, 0.1) is 4.92 Å². The molecule has 2 aromatic carbocycles. The highest BCUT2D eigenvalue weighted by Gasteiger charge is 2.27. The van der Waals surface area contributed by atoms with Crippen LogP contribution in [0.3, 0.4) is 0 Å². The van der Waals surface area contributed by atoms with Crippen LogP contribution in [0.2, 0.25) is 0 Å². The molecule has 0 radical (unpaired) electrons. The van der Waals surface area contributed by atoms with Gasteiger partial charge in [0, 0.05) is 29.9 Å². The number of nitro benzene ring substituents is 1. The molecule has 0 fully saturated rings. The van der Waals surface area contributed by atoms with Gasteiger partial charge in [-0.25, -0.2) is 0 Å². The molecule has 1 atom stereocenters. The smallest absolute Gasteiger partial charge is 0.269 e. The Morgan fingerprint density at radius 3 is 2.70 bits per heavy atom. The van der Waals surface area contributed by atoms with Gasteiger partial charge in [-0.05, 0) is 42.5 Å². The number of nitro groups is 1. The van der Waals surface area contributed by atoms with E-state index in [0.717, 1.165) is 12.1 Å². The molecule has 1 aliphatic heterocycles. The third-order valence-corrected chi connectivity index (χ3v) is 4.44. The van der Waals surface area contributed by atoms with E-state index in [1.54, 1.807) is 17.9 Å². The minimum absolute atomic E-state index is 0.00622. The van der Waals surface area contributed by atoms with E-state index >= 15 is 0 Å². The molecule has 1 heterocycles. The SMILES string of the molecule is Cc1cc([N+](=O)[O-])ccc1C(=O)N1CCC(C)c2ccccc21. The van der Waals surface area contributed by atoms with Crippen LogP contribution >= 0.6 is 0 Å². The molecule has 0 aliphatic carbocycles. The summed E-state index contributed by atoms with van der Waals surface area (Å²) in [4.78, 5) is 25.1. The molecule has 0 bridgehead atoms. The Morgan fingerprint density at radius 2 is 2.00 bits per heavy atom. The van der Waals surface area contributed by atoms with Crippen LogP contribution in [0.4, 0.5) is 11.4 Å². The quantitative estimate of drug-likeness (QED) is 0.620. The van der Waals surface area contributed by atoms with E-state index in [1.807, 2.05) is 18.2 Å². The number of rotatable bonds is 2. The van der Waals surface area contributed by atoms with Crippen LogP contribution in [0.5, 0.6) is 0 Å². The number of nitrogens with zero attached hydrogens (tertiary/aromatic N) is 2. The summed E-state index contributed by atoms with van der Waals surface area (Å²) in [5.74, 6) is 0.324. The minimum atomic E-state index is -0.445. The van der Waals surface area contributed by atoms with E-state index in [4.69, 9.17) is 0 Å². The Balaban J connectivity index is 1.99. The monoisotopic (exact) mass is 310 g/mol. The van der Waals surface area contributed by atoms with Crippen LogP contribution < -0.4 is 4.90 Å². The second-order valence-electron chi connectivity index (χ2n) is 5.96. The molecule has 0 aromatic heterocycles. The number of benzene rings is 2. The fourth-order valence-electron chi connectivity index (χ4n) is 3.11. The fraction of sp³-hybridized carbons (Fsp3) is 0.278. The molecule has 2 aromatic rings. The lowest BCUT2D eigenvalue weighted by molar-refractivity contribution is -0.384. The van der Waals surface area contributed by atoms with Gasteiger partial charge < -0.3 is 4.90 Å². The summed E-state index contributed by atoms with van der Waals surface area (Å²) < 4.78 is 0. The summed E-state index contributed by atoms with van der Waals surface area (Å²) in [6, 6.07) is 12.3. The lowest BCUT2D eigenvalue weighted by atomic mass is 9.91. The molecule has 1 amide bonds. The normalized spacial score (nSPS) is 16.8. The van der Waals surface area contributed by atoms with Gasteiger partial charge in [0.1, 0.15) is 0 Å². The second kappa shape index (κ2) is 5.83. The zero-order chi connectivity index (χ0) is 16.6. The van der Waals surface area contributed by atoms with Crippen molar-refractivity contribution in [2.24, 2.45) is 0 Å². The number of carbonyl (C=O) groups excluding carboxylic acids is 1. The maximum absolute atomic E-state index is 12.9. The molecule has 1 unspecified atom stereocenters. The Morgan fingerprint density at radius 1 is 1.26 bits per heavy atom. The number of amides is 1. The van der Waals surface area contributed by atoms with E-state index in [-0.39, 0.29) is 11.6 Å². The largest absolute Gasteiger partial charge is 0.308 e. The van der Waals surface area contributed by atoms with Gasteiger partial charge in [-0.1, -0.05) is 25.1 Å². The topological polar surface area (TPSA) is 63.5 Å². The summed E-state index contributed by atoms with van der Waals surface area (Å²) >= 11 is 0. The van der Waals surface area contributed by atoms with Crippen molar-refractivity contribution >= 4 is 17.3 Å². The van der Waals surface area contributed by atoms with Gasteiger partial charge in [0.25, 0.3) is 11.6 Å². The first-order valence-electron chi connectivity index (χ1n) is 7.65. The summed E-state index contributed by atoms with van der Waals surface area (Å²) in [5.41, 5.74) is 3.26. The van der Waals surface area contributed by atoms with E-state index in [2.05, 4.69) is 13.0 Å².